The summed E-state index contributed by atoms with van der Waals surface area (Å²) in [6.45, 7) is 1.89. The first-order valence-electron chi connectivity index (χ1n) is 6.30. The van der Waals surface area contributed by atoms with Crippen LogP contribution >= 0.6 is 15.9 Å². The molecule has 1 aromatic rings. The molecular formula is C13H15BrF2N2O3. The van der Waals surface area contributed by atoms with Crippen LogP contribution in [0.1, 0.15) is 26.2 Å². The fourth-order valence-corrected chi connectivity index (χ4v) is 2.14. The van der Waals surface area contributed by atoms with E-state index in [9.17, 15) is 18.4 Å². The third-order valence-corrected chi connectivity index (χ3v) is 3.32. The summed E-state index contributed by atoms with van der Waals surface area (Å²) in [4.78, 5) is 22.7. The zero-order valence-corrected chi connectivity index (χ0v) is 12.8. The van der Waals surface area contributed by atoms with Crippen molar-refractivity contribution in [3.05, 3.63) is 28.2 Å². The number of hydrogen-bond donors (Lipinski definition) is 3. The number of rotatable bonds is 6. The van der Waals surface area contributed by atoms with E-state index >= 15 is 0 Å². The van der Waals surface area contributed by atoms with Gasteiger partial charge in [0.1, 0.15) is 11.9 Å². The molecule has 1 rings (SSSR count). The maximum absolute atomic E-state index is 13.5. The number of anilines is 1. The third-order valence-electron chi connectivity index (χ3n) is 2.70. The lowest BCUT2D eigenvalue weighted by Gasteiger charge is -2.15. The molecule has 5 nitrogen and oxygen atoms in total. The average molecular weight is 365 g/mol. The largest absolute Gasteiger partial charge is 0.480 e. The monoisotopic (exact) mass is 364 g/mol. The Labute approximate surface area is 128 Å². The summed E-state index contributed by atoms with van der Waals surface area (Å²) < 4.78 is 26.5. The summed E-state index contributed by atoms with van der Waals surface area (Å²) in [5, 5.41) is 13.4. The molecule has 0 saturated heterocycles. The Hall–Kier alpha value is -1.70. The van der Waals surface area contributed by atoms with Crippen molar-refractivity contribution in [2.24, 2.45) is 0 Å². The van der Waals surface area contributed by atoms with Gasteiger partial charge in [0.05, 0.1) is 5.69 Å². The van der Waals surface area contributed by atoms with Gasteiger partial charge in [0.2, 0.25) is 0 Å². The van der Waals surface area contributed by atoms with Crippen LogP contribution in [0.4, 0.5) is 19.3 Å². The molecule has 1 atom stereocenters. The lowest BCUT2D eigenvalue weighted by molar-refractivity contribution is -0.139. The molecule has 21 heavy (non-hydrogen) atoms. The molecule has 2 amide bonds. The van der Waals surface area contributed by atoms with E-state index in [1.54, 1.807) is 0 Å². The molecule has 0 heterocycles. The molecular weight excluding hydrogens is 350 g/mol. The van der Waals surface area contributed by atoms with Crippen LogP contribution in [0.3, 0.4) is 0 Å². The highest BCUT2D eigenvalue weighted by Gasteiger charge is 2.20. The topological polar surface area (TPSA) is 78.4 Å². The zero-order chi connectivity index (χ0) is 16.0. The van der Waals surface area contributed by atoms with Crippen LogP contribution in [0.2, 0.25) is 0 Å². The number of benzene rings is 1. The quantitative estimate of drug-likeness (QED) is 0.722. The summed E-state index contributed by atoms with van der Waals surface area (Å²) in [7, 11) is 0. The van der Waals surface area contributed by atoms with Gasteiger partial charge in [-0.1, -0.05) is 19.8 Å². The van der Waals surface area contributed by atoms with Crippen molar-refractivity contribution in [2.75, 3.05) is 5.32 Å². The highest BCUT2D eigenvalue weighted by atomic mass is 79.9. The van der Waals surface area contributed by atoms with Gasteiger partial charge >= 0.3 is 12.0 Å². The normalized spacial score (nSPS) is 11.8. The van der Waals surface area contributed by atoms with Crippen LogP contribution in [0.5, 0.6) is 0 Å². The standard InChI is InChI=1S/C13H15BrF2N2O3/c1-2-3-4-10(12(19)20)17-13(21)18-11-8(14)5-7(15)6-9(11)16/h5-6,10H,2-4H2,1H3,(H,19,20)(H2,17,18,21). The number of hydrogen-bond acceptors (Lipinski definition) is 2. The first-order valence-corrected chi connectivity index (χ1v) is 7.09. The van der Waals surface area contributed by atoms with Gasteiger partial charge in [-0.05, 0) is 28.4 Å². The molecule has 8 heteroatoms. The maximum atomic E-state index is 13.5. The van der Waals surface area contributed by atoms with Crippen molar-refractivity contribution in [2.45, 2.75) is 32.2 Å². The number of urea groups is 1. The van der Waals surface area contributed by atoms with Crippen molar-refractivity contribution in [1.29, 1.82) is 0 Å². The summed E-state index contributed by atoms with van der Waals surface area (Å²) in [6.07, 6.45) is 1.68. The number of aliphatic carboxylic acids is 1. The summed E-state index contributed by atoms with van der Waals surface area (Å²) in [5.74, 6) is -2.92. The minimum Gasteiger partial charge on any atom is -0.480 e. The number of carbonyl (C=O) groups excluding carboxylic acids is 1. The predicted octanol–water partition coefficient (Wildman–Crippen LogP) is 3.49. The van der Waals surface area contributed by atoms with Gasteiger partial charge in [-0.3, -0.25) is 0 Å². The number of unbranched alkanes of at least 4 members (excludes halogenated alkanes) is 1. The SMILES string of the molecule is CCCCC(NC(=O)Nc1c(F)cc(F)cc1Br)C(=O)O. The molecule has 0 aromatic heterocycles. The van der Waals surface area contributed by atoms with Crippen LogP contribution in [-0.4, -0.2) is 23.1 Å². The highest BCUT2D eigenvalue weighted by molar-refractivity contribution is 9.10. The molecule has 0 fully saturated rings. The molecule has 1 unspecified atom stereocenters. The van der Waals surface area contributed by atoms with Gasteiger partial charge in [-0.25, -0.2) is 18.4 Å². The van der Waals surface area contributed by atoms with Crippen LogP contribution < -0.4 is 10.6 Å². The van der Waals surface area contributed by atoms with Gasteiger partial charge in [0.15, 0.2) is 5.82 Å². The molecule has 0 saturated carbocycles. The lowest BCUT2D eigenvalue weighted by Crippen LogP contribution is -2.43. The molecule has 0 aliphatic carbocycles. The van der Waals surface area contributed by atoms with Crippen molar-refractivity contribution >= 4 is 33.6 Å². The van der Waals surface area contributed by atoms with Gasteiger partial charge in [-0.15, -0.1) is 0 Å². The zero-order valence-electron chi connectivity index (χ0n) is 11.3. The first-order chi connectivity index (χ1) is 9.85. The minimum absolute atomic E-state index is 0.0237. The second-order valence-electron chi connectivity index (χ2n) is 4.38. The van der Waals surface area contributed by atoms with E-state index < -0.39 is 29.7 Å². The van der Waals surface area contributed by atoms with Gasteiger partial charge in [0.25, 0.3) is 0 Å². The van der Waals surface area contributed by atoms with Gasteiger partial charge < -0.3 is 15.7 Å². The number of halogens is 3. The second kappa shape index (κ2) is 7.92. The van der Waals surface area contributed by atoms with E-state index in [1.807, 2.05) is 6.92 Å². The number of amides is 2. The van der Waals surface area contributed by atoms with Crippen LogP contribution in [0, 0.1) is 11.6 Å². The first kappa shape index (κ1) is 17.4. The highest BCUT2D eigenvalue weighted by Crippen LogP contribution is 2.26. The van der Waals surface area contributed by atoms with Crippen molar-refractivity contribution in [1.82, 2.24) is 5.32 Å². The number of carboxylic acids is 1. The lowest BCUT2D eigenvalue weighted by atomic mass is 10.1. The van der Waals surface area contributed by atoms with E-state index in [0.29, 0.717) is 12.5 Å². The molecule has 0 spiro atoms. The summed E-state index contributed by atoms with van der Waals surface area (Å²) >= 11 is 2.92. The van der Waals surface area contributed by atoms with Crippen LogP contribution in [0.15, 0.2) is 16.6 Å². The Kier molecular flexibility index (Phi) is 6.54. The molecule has 1 aromatic carbocycles. The van der Waals surface area contributed by atoms with E-state index in [0.717, 1.165) is 12.5 Å². The predicted molar refractivity (Wildman–Crippen MR) is 77.2 cm³/mol. The minimum atomic E-state index is -1.17. The molecule has 0 aliphatic heterocycles. The Morgan fingerprint density at radius 2 is 2.05 bits per heavy atom. The summed E-state index contributed by atoms with van der Waals surface area (Å²) in [6, 6.07) is -0.326. The van der Waals surface area contributed by atoms with Gasteiger partial charge in [-0.2, -0.15) is 0 Å². The third kappa shape index (κ3) is 5.30. The Morgan fingerprint density at radius 1 is 1.38 bits per heavy atom. The molecule has 116 valence electrons. The van der Waals surface area contributed by atoms with E-state index in [2.05, 4.69) is 26.6 Å². The molecule has 0 radical (unpaired) electrons. The van der Waals surface area contributed by atoms with Crippen molar-refractivity contribution < 1.29 is 23.5 Å². The maximum Gasteiger partial charge on any atom is 0.326 e. The van der Waals surface area contributed by atoms with E-state index in [-0.39, 0.29) is 16.6 Å². The van der Waals surface area contributed by atoms with Crippen LogP contribution in [-0.2, 0) is 4.79 Å². The number of carboxylic acid groups (broad SMARTS) is 1. The van der Waals surface area contributed by atoms with Crippen molar-refractivity contribution in [3.8, 4) is 0 Å². The Balaban J connectivity index is 2.74. The Bertz CT molecular complexity index is 517. The average Bonchev–Trinajstić information content (AvgIpc) is 2.38. The molecule has 0 bridgehead atoms. The van der Waals surface area contributed by atoms with Gasteiger partial charge in [0, 0.05) is 10.5 Å². The van der Waals surface area contributed by atoms with Crippen LogP contribution in [0.25, 0.3) is 0 Å². The fraction of sp³-hybridized carbons (Fsp3) is 0.385. The second-order valence-corrected chi connectivity index (χ2v) is 5.23. The van der Waals surface area contributed by atoms with E-state index in [1.165, 1.54) is 0 Å². The number of nitrogens with one attached hydrogen (secondary N) is 2. The van der Waals surface area contributed by atoms with E-state index in [4.69, 9.17) is 5.11 Å². The Morgan fingerprint density at radius 3 is 2.57 bits per heavy atom. The number of carbonyl (C=O) groups is 2. The molecule has 3 N–H and O–H groups in total. The van der Waals surface area contributed by atoms with Crippen molar-refractivity contribution in [3.63, 3.8) is 0 Å². The smallest absolute Gasteiger partial charge is 0.326 e. The summed E-state index contributed by atoms with van der Waals surface area (Å²) in [5.41, 5.74) is -0.256. The fourth-order valence-electron chi connectivity index (χ4n) is 1.64. The molecule has 0 aliphatic rings.